The fraction of sp³-hybridized carbons (Fsp3) is 0.619. The van der Waals surface area contributed by atoms with Crippen molar-refractivity contribution in [1.29, 1.82) is 0 Å². The second-order valence-corrected chi connectivity index (χ2v) is 8.54. The lowest BCUT2D eigenvalue weighted by molar-refractivity contribution is -0.123. The summed E-state index contributed by atoms with van der Waals surface area (Å²) in [5.74, 6) is 0.417. The fourth-order valence-electron chi connectivity index (χ4n) is 4.22. The average Bonchev–Trinajstić information content (AvgIpc) is 3.35. The Hall–Kier alpha value is -1.46. The van der Waals surface area contributed by atoms with Crippen LogP contribution in [0.1, 0.15) is 57.4 Å². The van der Waals surface area contributed by atoms with Crippen molar-refractivity contribution in [2.75, 3.05) is 18.1 Å². The Kier molecular flexibility index (Phi) is 5.55. The van der Waals surface area contributed by atoms with Gasteiger partial charge in [-0.25, -0.2) is 4.98 Å². The van der Waals surface area contributed by atoms with E-state index in [4.69, 9.17) is 9.72 Å². The number of thiazole rings is 1. The molecule has 1 unspecified atom stereocenters. The van der Waals surface area contributed by atoms with Gasteiger partial charge in [-0.3, -0.25) is 9.69 Å². The molecule has 1 amide bonds. The van der Waals surface area contributed by atoms with E-state index in [1.807, 2.05) is 4.90 Å². The van der Waals surface area contributed by atoms with Crippen molar-refractivity contribution in [3.8, 4) is 0 Å². The molecule has 2 heterocycles. The first kappa shape index (κ1) is 17.9. The van der Waals surface area contributed by atoms with Crippen molar-refractivity contribution in [2.45, 2.75) is 64.4 Å². The van der Waals surface area contributed by atoms with Crippen molar-refractivity contribution in [2.24, 2.45) is 5.92 Å². The van der Waals surface area contributed by atoms with E-state index in [9.17, 15) is 4.79 Å². The number of nitrogens with zero attached hydrogens (tertiary/aromatic N) is 2. The summed E-state index contributed by atoms with van der Waals surface area (Å²) in [6.07, 6.45) is 8.89. The number of benzene rings is 1. The van der Waals surface area contributed by atoms with Gasteiger partial charge in [-0.2, -0.15) is 0 Å². The first-order valence-corrected chi connectivity index (χ1v) is 10.9. The number of carbonyl (C=O) groups excluding carboxylic acids is 1. The lowest BCUT2D eigenvalue weighted by Gasteiger charge is -2.29. The van der Waals surface area contributed by atoms with Crippen LogP contribution < -0.4 is 4.90 Å². The van der Waals surface area contributed by atoms with E-state index in [-0.39, 0.29) is 17.9 Å². The second-order valence-electron chi connectivity index (χ2n) is 7.53. The summed E-state index contributed by atoms with van der Waals surface area (Å²) in [4.78, 5) is 20.2. The highest BCUT2D eigenvalue weighted by atomic mass is 32.1. The van der Waals surface area contributed by atoms with Gasteiger partial charge in [-0.15, -0.1) is 0 Å². The molecule has 4 rings (SSSR count). The van der Waals surface area contributed by atoms with Gasteiger partial charge >= 0.3 is 0 Å². The molecule has 1 saturated carbocycles. The Balaban J connectivity index is 1.66. The first-order valence-electron chi connectivity index (χ1n) is 10.1. The summed E-state index contributed by atoms with van der Waals surface area (Å²) in [5.41, 5.74) is 2.32. The summed E-state index contributed by atoms with van der Waals surface area (Å²) in [6.45, 7) is 3.62. The minimum Gasteiger partial charge on any atom is -0.376 e. The molecule has 1 aliphatic heterocycles. The van der Waals surface area contributed by atoms with Gasteiger partial charge in [-0.05, 0) is 43.7 Å². The van der Waals surface area contributed by atoms with Gasteiger partial charge in [0, 0.05) is 12.5 Å². The maximum absolute atomic E-state index is 13.4. The van der Waals surface area contributed by atoms with E-state index >= 15 is 0 Å². The summed E-state index contributed by atoms with van der Waals surface area (Å²) in [7, 11) is 0. The molecule has 1 saturated heterocycles. The molecule has 5 heteroatoms. The normalized spacial score (nSPS) is 21.3. The molecule has 26 heavy (non-hydrogen) atoms. The van der Waals surface area contributed by atoms with Crippen LogP contribution >= 0.6 is 11.3 Å². The van der Waals surface area contributed by atoms with E-state index < -0.39 is 0 Å². The van der Waals surface area contributed by atoms with Crippen molar-refractivity contribution >= 4 is 32.6 Å². The van der Waals surface area contributed by atoms with Crippen LogP contribution in [0.3, 0.4) is 0 Å². The topological polar surface area (TPSA) is 42.4 Å². The molecule has 0 N–H and O–H groups in total. The monoisotopic (exact) mass is 372 g/mol. The smallest absolute Gasteiger partial charge is 0.231 e. The van der Waals surface area contributed by atoms with Gasteiger partial charge in [0.15, 0.2) is 5.13 Å². The van der Waals surface area contributed by atoms with Gasteiger partial charge in [0.25, 0.3) is 0 Å². The largest absolute Gasteiger partial charge is 0.376 e. The van der Waals surface area contributed by atoms with Gasteiger partial charge in [0.2, 0.25) is 5.91 Å². The maximum atomic E-state index is 13.4. The number of carbonyl (C=O) groups is 1. The van der Waals surface area contributed by atoms with Crippen LogP contribution in [0.15, 0.2) is 18.2 Å². The summed E-state index contributed by atoms with van der Waals surface area (Å²) >= 11 is 1.65. The van der Waals surface area contributed by atoms with E-state index in [2.05, 4.69) is 25.1 Å². The molecule has 2 fully saturated rings. The number of para-hydroxylation sites is 1. The van der Waals surface area contributed by atoms with E-state index in [1.165, 1.54) is 29.5 Å². The molecule has 1 aromatic carbocycles. The zero-order valence-corrected chi connectivity index (χ0v) is 16.4. The molecule has 2 aliphatic rings. The summed E-state index contributed by atoms with van der Waals surface area (Å²) < 4.78 is 7.02. The molecular weight excluding hydrogens is 344 g/mol. The Bertz CT molecular complexity index is 760. The molecule has 0 spiro atoms. The third-order valence-electron chi connectivity index (χ3n) is 5.73. The second kappa shape index (κ2) is 8.05. The fourth-order valence-corrected chi connectivity index (χ4v) is 5.25. The lowest BCUT2D eigenvalue weighted by atomic mass is 9.88. The van der Waals surface area contributed by atoms with Crippen molar-refractivity contribution in [3.05, 3.63) is 23.8 Å². The molecule has 1 atom stereocenters. The van der Waals surface area contributed by atoms with Crippen LogP contribution in [-0.2, 0) is 16.0 Å². The van der Waals surface area contributed by atoms with Crippen LogP contribution in [0.4, 0.5) is 5.13 Å². The van der Waals surface area contributed by atoms with Crippen LogP contribution in [0, 0.1) is 5.92 Å². The van der Waals surface area contributed by atoms with Gasteiger partial charge in [-0.1, -0.05) is 49.7 Å². The van der Waals surface area contributed by atoms with Gasteiger partial charge in [0.05, 0.1) is 22.9 Å². The Labute approximate surface area is 159 Å². The number of fused-ring (bicyclic) bond motifs is 1. The molecule has 4 nitrogen and oxygen atoms in total. The Morgan fingerprint density at radius 3 is 2.81 bits per heavy atom. The molecular formula is C21H28N2O2S. The third kappa shape index (κ3) is 3.65. The average molecular weight is 373 g/mol. The predicted molar refractivity (Wildman–Crippen MR) is 107 cm³/mol. The minimum atomic E-state index is 0.153. The van der Waals surface area contributed by atoms with Gasteiger partial charge < -0.3 is 4.74 Å². The molecule has 0 bridgehead atoms. The number of rotatable bonds is 5. The molecule has 1 aliphatic carbocycles. The van der Waals surface area contributed by atoms with Crippen LogP contribution in [0.5, 0.6) is 0 Å². The number of aromatic nitrogens is 1. The first-order chi connectivity index (χ1) is 12.8. The summed E-state index contributed by atoms with van der Waals surface area (Å²) in [5, 5.41) is 0.854. The zero-order chi connectivity index (χ0) is 17.9. The minimum absolute atomic E-state index is 0.153. The summed E-state index contributed by atoms with van der Waals surface area (Å²) in [6, 6.07) is 6.35. The highest BCUT2D eigenvalue weighted by molar-refractivity contribution is 7.22. The van der Waals surface area contributed by atoms with E-state index in [1.54, 1.807) is 11.3 Å². The van der Waals surface area contributed by atoms with Crippen molar-refractivity contribution in [3.63, 3.8) is 0 Å². The number of hydrogen-bond acceptors (Lipinski definition) is 4. The number of anilines is 1. The number of hydrogen-bond donors (Lipinski definition) is 0. The Morgan fingerprint density at radius 1 is 1.23 bits per heavy atom. The molecule has 0 radical (unpaired) electrons. The SMILES string of the molecule is CCc1cccc2sc(N(CC3CCCO3)C(=O)C3CCCCC3)nc12. The molecule has 140 valence electrons. The zero-order valence-electron chi connectivity index (χ0n) is 15.6. The lowest BCUT2D eigenvalue weighted by Crippen LogP contribution is -2.41. The number of aryl methyl sites for hydroxylation is 1. The quantitative estimate of drug-likeness (QED) is 0.746. The van der Waals surface area contributed by atoms with E-state index in [0.717, 1.165) is 49.4 Å². The standard InChI is InChI=1S/C21H28N2O2S/c1-2-15-10-6-12-18-19(15)22-21(26-18)23(14-17-11-7-13-25-17)20(24)16-8-4-3-5-9-16/h6,10,12,16-17H,2-5,7-9,11,13-14H2,1H3. The van der Waals surface area contributed by atoms with Crippen molar-refractivity contribution < 1.29 is 9.53 Å². The van der Waals surface area contributed by atoms with Gasteiger partial charge in [0.1, 0.15) is 0 Å². The van der Waals surface area contributed by atoms with Crippen molar-refractivity contribution in [1.82, 2.24) is 4.98 Å². The number of amides is 1. The molecule has 1 aromatic heterocycles. The highest BCUT2D eigenvalue weighted by Gasteiger charge is 2.31. The van der Waals surface area contributed by atoms with E-state index in [0.29, 0.717) is 6.54 Å². The van der Waals surface area contributed by atoms with Crippen LogP contribution in [0.25, 0.3) is 10.2 Å². The Morgan fingerprint density at radius 2 is 2.08 bits per heavy atom. The maximum Gasteiger partial charge on any atom is 0.231 e. The predicted octanol–water partition coefficient (Wildman–Crippen LogP) is 4.95. The van der Waals surface area contributed by atoms with Crippen LogP contribution in [0.2, 0.25) is 0 Å². The number of ether oxygens (including phenoxy) is 1. The van der Waals surface area contributed by atoms with Crippen LogP contribution in [-0.4, -0.2) is 30.1 Å². The third-order valence-corrected chi connectivity index (χ3v) is 6.78. The highest BCUT2D eigenvalue weighted by Crippen LogP contribution is 2.34. The molecule has 2 aromatic rings.